The lowest BCUT2D eigenvalue weighted by Crippen LogP contribution is -2.57. The highest BCUT2D eigenvalue weighted by atomic mass is 32.2. The molecule has 1 aliphatic rings. The van der Waals surface area contributed by atoms with Crippen molar-refractivity contribution in [3.63, 3.8) is 0 Å². The number of aliphatic hydroxyl groups is 4. The van der Waals surface area contributed by atoms with Gasteiger partial charge >= 0.3 is 0 Å². The molecule has 134 valence electrons. The van der Waals surface area contributed by atoms with Crippen LogP contribution in [0.2, 0.25) is 0 Å². The number of benzene rings is 1. The maximum atomic E-state index is 10.0. The fourth-order valence-corrected chi connectivity index (χ4v) is 3.38. The van der Waals surface area contributed by atoms with Crippen LogP contribution in [0.1, 0.15) is 5.56 Å². The van der Waals surface area contributed by atoms with Gasteiger partial charge in [0.2, 0.25) is 0 Å². The first-order valence-corrected chi connectivity index (χ1v) is 8.19. The summed E-state index contributed by atoms with van der Waals surface area (Å²) in [7, 11) is 1.56. The summed E-state index contributed by atoms with van der Waals surface area (Å²) < 4.78 is 10.4. The van der Waals surface area contributed by atoms with Crippen molar-refractivity contribution in [2.75, 3.05) is 13.7 Å². The zero-order valence-electron chi connectivity index (χ0n) is 13.0. The van der Waals surface area contributed by atoms with Crippen LogP contribution in [0.25, 0.3) is 0 Å². The van der Waals surface area contributed by atoms with Crippen molar-refractivity contribution in [1.29, 1.82) is 0 Å². The number of methoxy groups -OCH3 is 1. The topological polar surface area (TPSA) is 132 Å². The summed E-state index contributed by atoms with van der Waals surface area (Å²) in [4.78, 5) is 0. The molecule has 0 saturated carbocycles. The van der Waals surface area contributed by atoms with Crippen molar-refractivity contribution in [1.82, 2.24) is 0 Å². The molecular formula is C15H21NO7S. The Kier molecular flexibility index (Phi) is 6.84. The van der Waals surface area contributed by atoms with E-state index in [-0.39, 0.29) is 11.5 Å². The van der Waals surface area contributed by atoms with Gasteiger partial charge in [0.15, 0.2) is 0 Å². The van der Waals surface area contributed by atoms with Gasteiger partial charge in [0, 0.05) is 6.42 Å². The van der Waals surface area contributed by atoms with Crippen molar-refractivity contribution in [2.24, 2.45) is 5.16 Å². The Morgan fingerprint density at radius 1 is 1.17 bits per heavy atom. The van der Waals surface area contributed by atoms with Gasteiger partial charge in [-0.15, -0.1) is 0 Å². The summed E-state index contributed by atoms with van der Waals surface area (Å²) in [6.45, 7) is -0.508. The maximum Gasteiger partial charge on any atom is 0.138 e. The van der Waals surface area contributed by atoms with Crippen LogP contribution in [0.5, 0.6) is 5.75 Å². The van der Waals surface area contributed by atoms with E-state index in [0.29, 0.717) is 5.75 Å². The second-order valence-electron chi connectivity index (χ2n) is 5.33. The molecule has 8 nitrogen and oxygen atoms in total. The largest absolute Gasteiger partial charge is 0.497 e. The molecule has 1 fully saturated rings. The Hall–Kier alpha value is -1.36. The second kappa shape index (κ2) is 8.65. The van der Waals surface area contributed by atoms with Crippen LogP contribution in [0.3, 0.4) is 0 Å². The number of aliphatic hydroxyl groups excluding tert-OH is 4. The van der Waals surface area contributed by atoms with Crippen molar-refractivity contribution in [2.45, 2.75) is 36.3 Å². The monoisotopic (exact) mass is 359 g/mol. The summed E-state index contributed by atoms with van der Waals surface area (Å²) in [6, 6.07) is 7.14. The van der Waals surface area contributed by atoms with Crippen molar-refractivity contribution < 1.29 is 35.1 Å². The van der Waals surface area contributed by atoms with E-state index in [9.17, 15) is 25.6 Å². The van der Waals surface area contributed by atoms with E-state index in [1.54, 1.807) is 31.4 Å². The number of hydrogen-bond acceptors (Lipinski definition) is 9. The smallest absolute Gasteiger partial charge is 0.138 e. The van der Waals surface area contributed by atoms with Crippen LogP contribution in [0, 0.1) is 0 Å². The van der Waals surface area contributed by atoms with E-state index in [1.807, 2.05) is 0 Å². The SMILES string of the molecule is COc1ccc(C/C(=N\O)S[C@@H]2O[C@H](CO)[C@@H](O)[C@H](O)[C@H]2O)cc1. The Labute approximate surface area is 143 Å². The number of oxime groups is 1. The fourth-order valence-electron chi connectivity index (χ4n) is 2.32. The zero-order chi connectivity index (χ0) is 17.7. The molecule has 0 unspecified atom stereocenters. The predicted molar refractivity (Wildman–Crippen MR) is 87.3 cm³/mol. The van der Waals surface area contributed by atoms with Gasteiger partial charge in [-0.2, -0.15) is 0 Å². The van der Waals surface area contributed by atoms with E-state index in [1.165, 1.54) is 0 Å². The van der Waals surface area contributed by atoms with Gasteiger partial charge in [0.25, 0.3) is 0 Å². The van der Waals surface area contributed by atoms with Gasteiger partial charge in [-0.1, -0.05) is 29.1 Å². The molecule has 0 radical (unpaired) electrons. The van der Waals surface area contributed by atoms with Gasteiger partial charge in [0.05, 0.1) is 13.7 Å². The number of ether oxygens (including phenoxy) is 2. The van der Waals surface area contributed by atoms with E-state index >= 15 is 0 Å². The lowest BCUT2D eigenvalue weighted by Gasteiger charge is -2.39. The van der Waals surface area contributed by atoms with E-state index in [0.717, 1.165) is 17.3 Å². The first kappa shape index (κ1) is 19.0. The lowest BCUT2D eigenvalue weighted by molar-refractivity contribution is -0.205. The Morgan fingerprint density at radius 2 is 1.83 bits per heavy atom. The zero-order valence-corrected chi connectivity index (χ0v) is 13.8. The summed E-state index contributed by atoms with van der Waals surface area (Å²) in [5.41, 5.74) is -0.134. The molecule has 0 aliphatic carbocycles. The third-order valence-corrected chi connectivity index (χ3v) is 4.85. The van der Waals surface area contributed by atoms with Crippen molar-refractivity contribution in [3.05, 3.63) is 29.8 Å². The van der Waals surface area contributed by atoms with E-state index in [2.05, 4.69) is 5.16 Å². The second-order valence-corrected chi connectivity index (χ2v) is 6.51. The lowest BCUT2D eigenvalue weighted by atomic mass is 10.0. The molecule has 0 amide bonds. The van der Waals surface area contributed by atoms with Gasteiger partial charge in [-0.25, -0.2) is 0 Å². The molecule has 2 rings (SSSR count). The molecule has 5 N–H and O–H groups in total. The van der Waals surface area contributed by atoms with Crippen LogP contribution < -0.4 is 4.74 Å². The van der Waals surface area contributed by atoms with Gasteiger partial charge in [0.1, 0.15) is 40.6 Å². The molecule has 1 aliphatic heterocycles. The molecule has 0 aromatic heterocycles. The van der Waals surface area contributed by atoms with Crippen LogP contribution in [0.4, 0.5) is 0 Å². The average Bonchev–Trinajstić information content (AvgIpc) is 2.61. The van der Waals surface area contributed by atoms with Crippen LogP contribution in [-0.2, 0) is 11.2 Å². The van der Waals surface area contributed by atoms with Crippen LogP contribution >= 0.6 is 11.8 Å². The highest BCUT2D eigenvalue weighted by molar-refractivity contribution is 8.14. The Morgan fingerprint density at radius 3 is 2.38 bits per heavy atom. The molecule has 5 atom stereocenters. The summed E-state index contributed by atoms with van der Waals surface area (Å²) >= 11 is 0.918. The third kappa shape index (κ3) is 4.38. The molecule has 0 bridgehead atoms. The van der Waals surface area contributed by atoms with E-state index < -0.39 is 36.5 Å². The molecule has 9 heteroatoms. The number of rotatable bonds is 5. The molecular weight excluding hydrogens is 338 g/mol. The highest BCUT2D eigenvalue weighted by Crippen LogP contribution is 2.30. The fraction of sp³-hybridized carbons (Fsp3) is 0.533. The molecule has 1 heterocycles. The van der Waals surface area contributed by atoms with Crippen molar-refractivity contribution in [3.8, 4) is 5.75 Å². The Bertz CT molecular complexity index is 551. The first-order chi connectivity index (χ1) is 11.5. The quantitative estimate of drug-likeness (QED) is 0.207. The predicted octanol–water partition coefficient (Wildman–Crippen LogP) is -0.442. The highest BCUT2D eigenvalue weighted by Gasteiger charge is 2.44. The standard InChI is InChI=1S/C15H21NO7S/c1-22-9-4-2-8(3-5-9)6-11(16-21)24-15-14(20)13(19)12(18)10(7-17)23-15/h2-5,10,12-15,17-21H,6-7H2,1H3/b16-11+/t10-,12-,13+,14-,15+/m1/s1. The number of hydrogen-bond donors (Lipinski definition) is 5. The minimum absolute atomic E-state index is 0.254. The normalized spacial score (nSPS) is 31.0. The van der Waals surface area contributed by atoms with E-state index in [4.69, 9.17) is 9.47 Å². The molecule has 0 spiro atoms. The van der Waals surface area contributed by atoms with Gasteiger partial charge < -0.3 is 35.1 Å². The summed E-state index contributed by atoms with van der Waals surface area (Å²) in [5, 5.41) is 51.4. The first-order valence-electron chi connectivity index (χ1n) is 7.31. The number of thioether (sulfide) groups is 1. The van der Waals surface area contributed by atoms with Gasteiger partial charge in [-0.05, 0) is 17.7 Å². The van der Waals surface area contributed by atoms with Crippen LogP contribution in [0.15, 0.2) is 29.4 Å². The molecule has 24 heavy (non-hydrogen) atoms. The van der Waals surface area contributed by atoms with Crippen LogP contribution in [-0.4, -0.2) is 74.2 Å². The third-order valence-electron chi connectivity index (χ3n) is 3.73. The molecule has 1 saturated heterocycles. The minimum atomic E-state index is -1.46. The average molecular weight is 359 g/mol. The summed E-state index contributed by atoms with van der Waals surface area (Å²) in [6.07, 6.45) is -4.99. The maximum absolute atomic E-state index is 10.0. The van der Waals surface area contributed by atoms with Gasteiger partial charge in [-0.3, -0.25) is 0 Å². The van der Waals surface area contributed by atoms with Crippen molar-refractivity contribution >= 4 is 16.8 Å². The Balaban J connectivity index is 2.03. The molecule has 1 aromatic carbocycles. The summed E-state index contributed by atoms with van der Waals surface area (Å²) in [5.74, 6) is 0.697. The molecule has 1 aromatic rings. The minimum Gasteiger partial charge on any atom is -0.497 e. The number of nitrogens with zero attached hydrogens (tertiary/aromatic N) is 1.